The summed E-state index contributed by atoms with van der Waals surface area (Å²) >= 11 is 0. The zero-order valence-electron chi connectivity index (χ0n) is 12.6. The number of carbonyl (C=O) groups excluding carboxylic acids is 1. The lowest BCUT2D eigenvalue weighted by Crippen LogP contribution is -2.62. The van der Waals surface area contributed by atoms with Gasteiger partial charge in [-0.05, 0) is 18.4 Å². The highest BCUT2D eigenvalue weighted by Gasteiger charge is 2.56. The Morgan fingerprint density at radius 2 is 2.14 bits per heavy atom. The molecule has 2 aliphatic rings. The summed E-state index contributed by atoms with van der Waals surface area (Å²) in [5.41, 5.74) is 0. The predicted octanol–water partition coefficient (Wildman–Crippen LogP) is 0.818. The largest absolute Gasteiger partial charge is 0.494 e. The first-order valence-corrected chi connectivity index (χ1v) is 9.01. The van der Waals surface area contributed by atoms with Gasteiger partial charge in [-0.3, -0.25) is 4.79 Å². The minimum Gasteiger partial charge on any atom is -0.494 e. The third-order valence-electron chi connectivity index (χ3n) is 4.39. The number of esters is 1. The molecule has 0 radical (unpaired) electrons. The summed E-state index contributed by atoms with van der Waals surface area (Å²) in [5.74, 6) is -0.646. The van der Waals surface area contributed by atoms with Crippen LogP contribution in [0, 0.1) is 11.8 Å². The van der Waals surface area contributed by atoms with Crippen LogP contribution in [-0.4, -0.2) is 49.3 Å². The molecule has 5 unspecified atom stereocenters. The number of fused-ring (bicyclic) bond motifs is 1. The summed E-state index contributed by atoms with van der Waals surface area (Å²) in [7, 11) is -3.07. The first-order valence-electron chi connectivity index (χ1n) is 7.29. The Morgan fingerprint density at radius 1 is 1.45 bits per heavy atom. The van der Waals surface area contributed by atoms with Crippen molar-refractivity contribution >= 4 is 15.8 Å². The summed E-state index contributed by atoms with van der Waals surface area (Å²) in [4.78, 5) is 11.8. The molecule has 1 aliphatic carbocycles. The van der Waals surface area contributed by atoms with Crippen molar-refractivity contribution in [1.29, 1.82) is 0 Å². The van der Waals surface area contributed by atoms with Crippen LogP contribution in [-0.2, 0) is 24.1 Å². The fourth-order valence-electron chi connectivity index (χ4n) is 3.08. The van der Waals surface area contributed by atoms with Gasteiger partial charge in [-0.1, -0.05) is 20.1 Å². The molecule has 0 bridgehead atoms. The van der Waals surface area contributed by atoms with Crippen molar-refractivity contribution in [3.8, 4) is 0 Å². The normalized spacial score (nSPS) is 35.6. The van der Waals surface area contributed by atoms with Gasteiger partial charge in [-0.2, -0.15) is 0 Å². The number of sulfone groups is 1. The number of hydrogen-bond acceptors (Lipinski definition) is 6. The summed E-state index contributed by atoms with van der Waals surface area (Å²) in [6, 6.07) is 0. The van der Waals surface area contributed by atoms with E-state index in [2.05, 4.69) is 13.2 Å². The lowest BCUT2D eigenvalue weighted by Gasteiger charge is -2.48. The Bertz CT molecular complexity index is 567. The van der Waals surface area contributed by atoms with Gasteiger partial charge in [0.15, 0.2) is 9.84 Å². The van der Waals surface area contributed by atoms with Gasteiger partial charge in [-0.25, -0.2) is 8.42 Å². The molecule has 1 saturated carbocycles. The van der Waals surface area contributed by atoms with Crippen LogP contribution in [0.5, 0.6) is 0 Å². The number of carbonyl (C=O) groups is 1. The Kier molecular flexibility index (Phi) is 4.97. The minimum absolute atomic E-state index is 0.0259. The van der Waals surface area contributed by atoms with Crippen LogP contribution < -0.4 is 0 Å². The summed E-state index contributed by atoms with van der Waals surface area (Å²) in [6.45, 7) is 8.96. The second-order valence-corrected chi connectivity index (χ2v) is 8.22. The number of aliphatic hydroxyl groups excluding tert-OH is 1. The van der Waals surface area contributed by atoms with Crippen LogP contribution >= 0.6 is 0 Å². The molecule has 124 valence electrons. The van der Waals surface area contributed by atoms with E-state index in [1.54, 1.807) is 6.92 Å². The molecule has 5 atom stereocenters. The highest BCUT2D eigenvalue weighted by Crippen LogP contribution is 2.43. The Labute approximate surface area is 130 Å². The molecular weight excluding hydrogens is 308 g/mol. The van der Waals surface area contributed by atoms with Crippen LogP contribution in [0.25, 0.3) is 0 Å². The number of ether oxygens (including phenoxy) is 2. The maximum Gasteiger partial charge on any atom is 0.309 e. The molecule has 1 saturated heterocycles. The molecule has 22 heavy (non-hydrogen) atoms. The first kappa shape index (κ1) is 17.0. The number of allylic oxidation sites excluding steroid dienone is 1. The van der Waals surface area contributed by atoms with Gasteiger partial charge >= 0.3 is 5.97 Å². The monoisotopic (exact) mass is 330 g/mol. The fourth-order valence-corrected chi connectivity index (χ4v) is 5.33. The fraction of sp³-hybridized carbons (Fsp3) is 0.667. The van der Waals surface area contributed by atoms with E-state index in [1.807, 2.05) is 0 Å². The topological polar surface area (TPSA) is 89.9 Å². The van der Waals surface area contributed by atoms with Crippen molar-refractivity contribution in [2.75, 3.05) is 12.4 Å². The lowest BCUT2D eigenvalue weighted by molar-refractivity contribution is -0.167. The molecule has 7 heteroatoms. The second kappa shape index (κ2) is 6.42. The SMILES string of the molecule is C=CC(=C)OCCC(=O)OC1C(C)CC2C(CS2(=O)=O)C1O. The maximum atomic E-state index is 11.8. The van der Waals surface area contributed by atoms with E-state index < -0.39 is 33.3 Å². The van der Waals surface area contributed by atoms with Crippen molar-refractivity contribution in [2.24, 2.45) is 11.8 Å². The first-order chi connectivity index (χ1) is 10.3. The highest BCUT2D eigenvalue weighted by molar-refractivity contribution is 7.93. The molecule has 6 nitrogen and oxygen atoms in total. The highest BCUT2D eigenvalue weighted by atomic mass is 32.2. The smallest absolute Gasteiger partial charge is 0.309 e. The zero-order chi connectivity index (χ0) is 16.5. The van der Waals surface area contributed by atoms with E-state index >= 15 is 0 Å². The van der Waals surface area contributed by atoms with Crippen LogP contribution in [0.2, 0.25) is 0 Å². The molecule has 1 heterocycles. The van der Waals surface area contributed by atoms with E-state index in [0.717, 1.165) is 0 Å². The molecule has 1 aliphatic heterocycles. The number of rotatable bonds is 6. The third kappa shape index (κ3) is 3.35. The standard InChI is InChI=1S/C15H22O6S/c1-4-10(3)20-6-5-13(16)21-15-9(2)7-12-11(14(15)17)8-22(12,18)19/h4,9,11-12,14-15,17H,1,3,5-8H2,2H3. The maximum absolute atomic E-state index is 11.8. The second-order valence-electron chi connectivity index (χ2n) is 5.96. The Morgan fingerprint density at radius 3 is 2.73 bits per heavy atom. The molecule has 0 amide bonds. The molecule has 2 fully saturated rings. The van der Waals surface area contributed by atoms with Crippen molar-refractivity contribution in [3.05, 3.63) is 25.0 Å². The summed E-state index contributed by atoms with van der Waals surface area (Å²) < 4.78 is 33.8. The van der Waals surface area contributed by atoms with E-state index in [-0.39, 0.29) is 30.6 Å². The van der Waals surface area contributed by atoms with Gasteiger partial charge in [0.2, 0.25) is 0 Å². The van der Waals surface area contributed by atoms with Crippen molar-refractivity contribution in [3.63, 3.8) is 0 Å². The molecular formula is C15H22O6S. The summed E-state index contributed by atoms with van der Waals surface area (Å²) in [5, 5.41) is 9.77. The van der Waals surface area contributed by atoms with E-state index in [0.29, 0.717) is 12.2 Å². The van der Waals surface area contributed by atoms with Gasteiger partial charge in [-0.15, -0.1) is 0 Å². The number of aliphatic hydroxyl groups is 1. The molecule has 0 aromatic carbocycles. The Balaban J connectivity index is 1.86. The quantitative estimate of drug-likeness (QED) is 0.440. The van der Waals surface area contributed by atoms with Gasteiger partial charge in [0.1, 0.15) is 11.9 Å². The van der Waals surface area contributed by atoms with Crippen LogP contribution in [0.15, 0.2) is 25.0 Å². The summed E-state index contributed by atoms with van der Waals surface area (Å²) in [6.07, 6.45) is 0.313. The van der Waals surface area contributed by atoms with Gasteiger partial charge in [0.25, 0.3) is 0 Å². The third-order valence-corrected chi connectivity index (χ3v) is 6.71. The van der Waals surface area contributed by atoms with Crippen LogP contribution in [0.1, 0.15) is 19.8 Å². The molecule has 1 N–H and O–H groups in total. The van der Waals surface area contributed by atoms with Gasteiger partial charge < -0.3 is 14.6 Å². The molecule has 2 rings (SSSR count). The van der Waals surface area contributed by atoms with E-state index in [9.17, 15) is 18.3 Å². The predicted molar refractivity (Wildman–Crippen MR) is 80.6 cm³/mol. The van der Waals surface area contributed by atoms with E-state index in [1.165, 1.54) is 6.08 Å². The van der Waals surface area contributed by atoms with Crippen molar-refractivity contribution in [2.45, 2.75) is 37.2 Å². The Hall–Kier alpha value is -1.34. The average molecular weight is 330 g/mol. The zero-order valence-corrected chi connectivity index (χ0v) is 13.4. The van der Waals surface area contributed by atoms with Gasteiger partial charge in [0, 0.05) is 5.92 Å². The van der Waals surface area contributed by atoms with Crippen molar-refractivity contribution in [1.82, 2.24) is 0 Å². The van der Waals surface area contributed by atoms with Crippen LogP contribution in [0.4, 0.5) is 0 Å². The van der Waals surface area contributed by atoms with Gasteiger partial charge in [0.05, 0.1) is 30.1 Å². The van der Waals surface area contributed by atoms with E-state index in [4.69, 9.17) is 9.47 Å². The minimum atomic E-state index is -3.07. The molecule has 0 aromatic heterocycles. The lowest BCUT2D eigenvalue weighted by atomic mass is 9.78. The van der Waals surface area contributed by atoms with Crippen molar-refractivity contribution < 1.29 is 27.8 Å². The molecule has 0 aromatic rings. The van der Waals surface area contributed by atoms with Crippen LogP contribution in [0.3, 0.4) is 0 Å². The average Bonchev–Trinajstić information content (AvgIpc) is 2.45. The number of hydrogen-bond donors (Lipinski definition) is 1. The molecule has 0 spiro atoms.